The van der Waals surface area contributed by atoms with E-state index in [1.807, 2.05) is 67.9 Å². The molecule has 4 rings (SSSR count). The summed E-state index contributed by atoms with van der Waals surface area (Å²) in [6, 6.07) is 16.9. The van der Waals surface area contributed by atoms with Crippen LogP contribution in [0.15, 0.2) is 54.6 Å². The Morgan fingerprint density at radius 1 is 1.10 bits per heavy atom. The summed E-state index contributed by atoms with van der Waals surface area (Å²) in [4.78, 5) is 12.6. The van der Waals surface area contributed by atoms with Gasteiger partial charge in [0.1, 0.15) is 5.75 Å². The Morgan fingerprint density at radius 2 is 1.87 bits per heavy atom. The number of anilines is 1. The quantitative estimate of drug-likeness (QED) is 0.492. The summed E-state index contributed by atoms with van der Waals surface area (Å²) in [5.41, 5.74) is 4.28. The molecule has 8 heteroatoms. The SMILES string of the molecule is CCOc1ccccc1-c1nnc(NC(=O)c2ccc(-n3nc(C)cc3C)cc2)s1. The van der Waals surface area contributed by atoms with Gasteiger partial charge in [0, 0.05) is 11.3 Å². The number of carbonyl (C=O) groups excluding carboxylic acids is 1. The van der Waals surface area contributed by atoms with Gasteiger partial charge in [-0.05, 0) is 63.2 Å². The summed E-state index contributed by atoms with van der Waals surface area (Å²) in [5, 5.41) is 16.7. The third-order valence-corrected chi connectivity index (χ3v) is 5.32. The smallest absolute Gasteiger partial charge is 0.257 e. The molecule has 0 saturated carbocycles. The van der Waals surface area contributed by atoms with Gasteiger partial charge in [0.2, 0.25) is 5.13 Å². The first-order valence-corrected chi connectivity index (χ1v) is 10.4. The average Bonchev–Trinajstić information content (AvgIpc) is 3.34. The van der Waals surface area contributed by atoms with Crippen LogP contribution in [-0.2, 0) is 0 Å². The number of aromatic nitrogens is 4. The maximum absolute atomic E-state index is 12.6. The van der Waals surface area contributed by atoms with E-state index < -0.39 is 0 Å². The normalized spacial score (nSPS) is 10.8. The summed E-state index contributed by atoms with van der Waals surface area (Å²) < 4.78 is 7.50. The molecular weight excluding hydrogens is 398 g/mol. The molecule has 0 atom stereocenters. The first-order chi connectivity index (χ1) is 14.5. The van der Waals surface area contributed by atoms with E-state index in [0.717, 1.165) is 28.4 Å². The summed E-state index contributed by atoms with van der Waals surface area (Å²) >= 11 is 1.31. The Balaban J connectivity index is 1.49. The van der Waals surface area contributed by atoms with Crippen LogP contribution in [0.25, 0.3) is 16.3 Å². The number of nitrogens with one attached hydrogen (secondary N) is 1. The van der Waals surface area contributed by atoms with Crippen LogP contribution < -0.4 is 10.1 Å². The molecule has 0 saturated heterocycles. The lowest BCUT2D eigenvalue weighted by Crippen LogP contribution is -2.12. The molecule has 0 radical (unpaired) electrons. The highest BCUT2D eigenvalue weighted by molar-refractivity contribution is 7.18. The van der Waals surface area contributed by atoms with Crippen LogP contribution in [0.5, 0.6) is 5.75 Å². The van der Waals surface area contributed by atoms with Gasteiger partial charge in [-0.1, -0.05) is 23.5 Å². The van der Waals surface area contributed by atoms with Gasteiger partial charge in [-0.15, -0.1) is 10.2 Å². The third kappa shape index (κ3) is 4.08. The van der Waals surface area contributed by atoms with Crippen LogP contribution in [0, 0.1) is 13.8 Å². The number of para-hydroxylation sites is 1. The minimum Gasteiger partial charge on any atom is -0.493 e. The molecule has 0 aliphatic rings. The highest BCUT2D eigenvalue weighted by Crippen LogP contribution is 2.33. The second-order valence-corrected chi connectivity index (χ2v) is 7.66. The molecule has 7 nitrogen and oxygen atoms in total. The summed E-state index contributed by atoms with van der Waals surface area (Å²) in [6.45, 7) is 6.45. The Hall–Kier alpha value is -3.52. The van der Waals surface area contributed by atoms with Crippen LogP contribution in [0.1, 0.15) is 28.7 Å². The second-order valence-electron chi connectivity index (χ2n) is 6.68. The lowest BCUT2D eigenvalue weighted by molar-refractivity contribution is 0.102. The van der Waals surface area contributed by atoms with Crippen molar-refractivity contribution in [2.75, 3.05) is 11.9 Å². The number of amides is 1. The number of hydrogen-bond donors (Lipinski definition) is 1. The van der Waals surface area contributed by atoms with E-state index in [4.69, 9.17) is 4.74 Å². The molecule has 0 unspecified atom stereocenters. The Kier molecular flexibility index (Phi) is 5.58. The van der Waals surface area contributed by atoms with Crippen molar-refractivity contribution in [2.45, 2.75) is 20.8 Å². The number of nitrogens with zero attached hydrogens (tertiary/aromatic N) is 4. The largest absolute Gasteiger partial charge is 0.493 e. The molecular formula is C22H21N5O2S. The zero-order chi connectivity index (χ0) is 21.1. The first kappa shape index (κ1) is 19.8. The second kappa shape index (κ2) is 8.46. The van der Waals surface area contributed by atoms with E-state index in [0.29, 0.717) is 22.3 Å². The minimum atomic E-state index is -0.240. The number of rotatable bonds is 6. The van der Waals surface area contributed by atoms with Gasteiger partial charge in [0.15, 0.2) is 5.01 Å². The van der Waals surface area contributed by atoms with Gasteiger partial charge >= 0.3 is 0 Å². The number of carbonyl (C=O) groups is 1. The van der Waals surface area contributed by atoms with Crippen molar-refractivity contribution >= 4 is 22.4 Å². The Bertz CT molecular complexity index is 1180. The van der Waals surface area contributed by atoms with E-state index in [9.17, 15) is 4.79 Å². The predicted octanol–water partition coefficient (Wildman–Crippen LogP) is 4.66. The molecule has 30 heavy (non-hydrogen) atoms. The van der Waals surface area contributed by atoms with Crippen molar-refractivity contribution in [1.29, 1.82) is 0 Å². The summed E-state index contributed by atoms with van der Waals surface area (Å²) in [5.74, 6) is 0.504. The lowest BCUT2D eigenvalue weighted by Gasteiger charge is -2.07. The van der Waals surface area contributed by atoms with Gasteiger partial charge < -0.3 is 4.74 Å². The lowest BCUT2D eigenvalue weighted by atomic mass is 10.2. The van der Waals surface area contributed by atoms with Crippen molar-refractivity contribution in [1.82, 2.24) is 20.0 Å². The number of ether oxygens (including phenoxy) is 1. The molecule has 2 aromatic carbocycles. The number of aryl methyl sites for hydroxylation is 2. The first-order valence-electron chi connectivity index (χ1n) is 9.56. The van der Waals surface area contributed by atoms with Crippen LogP contribution in [-0.4, -0.2) is 32.5 Å². The van der Waals surface area contributed by atoms with Crippen LogP contribution >= 0.6 is 11.3 Å². The van der Waals surface area contributed by atoms with Crippen LogP contribution in [0.4, 0.5) is 5.13 Å². The molecule has 2 heterocycles. The maximum Gasteiger partial charge on any atom is 0.257 e. The fraction of sp³-hybridized carbons (Fsp3) is 0.182. The van der Waals surface area contributed by atoms with Gasteiger partial charge in [-0.2, -0.15) is 5.10 Å². The standard InChI is InChI=1S/C22H21N5O2S/c1-4-29-19-8-6-5-7-18(19)21-24-25-22(30-21)23-20(28)16-9-11-17(12-10-16)27-15(3)13-14(2)26-27/h5-13H,4H2,1-3H3,(H,23,25,28). The molecule has 0 spiro atoms. The van der Waals surface area contributed by atoms with Gasteiger partial charge in [-0.25, -0.2) is 4.68 Å². The minimum absolute atomic E-state index is 0.240. The monoisotopic (exact) mass is 419 g/mol. The Morgan fingerprint density at radius 3 is 2.57 bits per heavy atom. The number of hydrogen-bond acceptors (Lipinski definition) is 6. The molecule has 0 aliphatic carbocycles. The van der Waals surface area contributed by atoms with Crippen molar-refractivity contribution < 1.29 is 9.53 Å². The summed E-state index contributed by atoms with van der Waals surface area (Å²) in [7, 11) is 0. The van der Waals surface area contributed by atoms with Crippen LogP contribution in [0.3, 0.4) is 0 Å². The molecule has 1 N–H and O–H groups in total. The topological polar surface area (TPSA) is 81.9 Å². The van der Waals surface area contributed by atoms with E-state index >= 15 is 0 Å². The highest BCUT2D eigenvalue weighted by Gasteiger charge is 2.14. The van der Waals surface area contributed by atoms with Gasteiger partial charge in [0.05, 0.1) is 23.6 Å². The molecule has 0 aliphatic heterocycles. The molecule has 152 valence electrons. The zero-order valence-corrected chi connectivity index (χ0v) is 17.7. The fourth-order valence-corrected chi connectivity index (χ4v) is 3.89. The number of benzene rings is 2. The molecule has 0 bridgehead atoms. The maximum atomic E-state index is 12.6. The molecule has 0 fully saturated rings. The van der Waals surface area contributed by atoms with Crippen molar-refractivity contribution in [3.8, 4) is 22.0 Å². The van der Waals surface area contributed by atoms with E-state index in [1.54, 1.807) is 12.1 Å². The van der Waals surface area contributed by atoms with E-state index in [2.05, 4.69) is 20.6 Å². The van der Waals surface area contributed by atoms with Gasteiger partial charge in [-0.3, -0.25) is 10.1 Å². The van der Waals surface area contributed by atoms with E-state index in [-0.39, 0.29) is 5.91 Å². The predicted molar refractivity (Wildman–Crippen MR) is 118 cm³/mol. The zero-order valence-electron chi connectivity index (χ0n) is 16.9. The summed E-state index contributed by atoms with van der Waals surface area (Å²) in [6.07, 6.45) is 0. The molecule has 4 aromatic rings. The fourth-order valence-electron chi connectivity index (χ4n) is 3.12. The van der Waals surface area contributed by atoms with Gasteiger partial charge in [0.25, 0.3) is 5.91 Å². The van der Waals surface area contributed by atoms with Crippen molar-refractivity contribution in [2.24, 2.45) is 0 Å². The molecule has 1 amide bonds. The third-order valence-electron chi connectivity index (χ3n) is 4.45. The van der Waals surface area contributed by atoms with Crippen LogP contribution in [0.2, 0.25) is 0 Å². The average molecular weight is 420 g/mol. The van der Waals surface area contributed by atoms with Crippen molar-refractivity contribution in [3.05, 3.63) is 71.5 Å². The van der Waals surface area contributed by atoms with Crippen molar-refractivity contribution in [3.63, 3.8) is 0 Å². The highest BCUT2D eigenvalue weighted by atomic mass is 32.1. The molecule has 2 aromatic heterocycles. The Labute approximate surface area is 178 Å². The van der Waals surface area contributed by atoms with E-state index in [1.165, 1.54) is 11.3 Å².